The molecule has 2 N–H and O–H groups in total. The minimum atomic E-state index is -0.583. The number of pyridine rings is 1. The molecule has 2 heterocycles. The molecule has 102 valence electrons. The van der Waals surface area contributed by atoms with Crippen molar-refractivity contribution >= 4 is 22.9 Å². The van der Waals surface area contributed by atoms with Crippen molar-refractivity contribution in [2.45, 2.75) is 6.42 Å². The molecule has 0 aliphatic heterocycles. The first-order valence-electron chi connectivity index (χ1n) is 5.81. The molecular formula is C14H11FN2O2S. The molecule has 0 radical (unpaired) electrons. The highest BCUT2D eigenvalue weighted by Crippen LogP contribution is 2.18. The summed E-state index contributed by atoms with van der Waals surface area (Å²) >= 11 is 1.21. The van der Waals surface area contributed by atoms with Gasteiger partial charge in [-0.05, 0) is 18.2 Å². The maximum Gasteiger partial charge on any atom is 0.265 e. The number of amides is 1. The second-order valence-electron chi connectivity index (χ2n) is 3.75. The van der Waals surface area contributed by atoms with Crippen LogP contribution in [0.3, 0.4) is 0 Å². The fourth-order valence-corrected chi connectivity index (χ4v) is 2.17. The van der Waals surface area contributed by atoms with Crippen LogP contribution in [-0.2, 0) is 0 Å². The number of aromatic nitrogens is 1. The van der Waals surface area contributed by atoms with Gasteiger partial charge < -0.3 is 10.4 Å². The number of rotatable bonds is 3. The quantitative estimate of drug-likeness (QED) is 0.852. The van der Waals surface area contributed by atoms with E-state index in [2.05, 4.69) is 22.1 Å². The smallest absolute Gasteiger partial charge is 0.265 e. The van der Waals surface area contributed by atoms with Crippen molar-refractivity contribution in [2.75, 3.05) is 11.9 Å². The maximum absolute atomic E-state index is 13.4. The van der Waals surface area contributed by atoms with Gasteiger partial charge >= 0.3 is 0 Å². The lowest BCUT2D eigenvalue weighted by Gasteiger charge is -2.03. The van der Waals surface area contributed by atoms with Crippen LogP contribution < -0.4 is 5.32 Å². The van der Waals surface area contributed by atoms with Crippen LogP contribution in [0, 0.1) is 17.7 Å². The van der Waals surface area contributed by atoms with E-state index >= 15 is 0 Å². The van der Waals surface area contributed by atoms with Crippen molar-refractivity contribution in [2.24, 2.45) is 0 Å². The zero-order valence-electron chi connectivity index (χ0n) is 10.4. The van der Waals surface area contributed by atoms with Gasteiger partial charge in [0.15, 0.2) is 5.82 Å². The molecule has 0 saturated carbocycles. The molecule has 0 bridgehead atoms. The lowest BCUT2D eigenvalue weighted by Crippen LogP contribution is -2.11. The predicted octanol–water partition coefficient (Wildman–Crippen LogP) is 2.27. The number of aliphatic hydroxyl groups is 1. The number of nitrogens with one attached hydrogen (secondary N) is 1. The summed E-state index contributed by atoms with van der Waals surface area (Å²) in [6.45, 7) is 0.00698. The lowest BCUT2D eigenvalue weighted by molar-refractivity contribution is 0.103. The highest BCUT2D eigenvalue weighted by Gasteiger charge is 2.11. The van der Waals surface area contributed by atoms with Gasteiger partial charge in [-0.25, -0.2) is 4.39 Å². The van der Waals surface area contributed by atoms with Gasteiger partial charge in [-0.15, -0.1) is 11.3 Å². The number of carbonyl (C=O) groups is 1. The van der Waals surface area contributed by atoms with Crippen molar-refractivity contribution in [1.82, 2.24) is 4.98 Å². The molecule has 6 heteroatoms. The Morgan fingerprint density at radius 3 is 3.05 bits per heavy atom. The average molecular weight is 290 g/mol. The van der Waals surface area contributed by atoms with Crippen LogP contribution in [0.5, 0.6) is 0 Å². The Hall–Kier alpha value is -2.23. The summed E-state index contributed by atoms with van der Waals surface area (Å²) in [5.41, 5.74) is 0.0892. The summed E-state index contributed by atoms with van der Waals surface area (Å²) in [6, 6.07) is 4.73. The van der Waals surface area contributed by atoms with Gasteiger partial charge in [-0.1, -0.05) is 11.8 Å². The van der Waals surface area contributed by atoms with E-state index in [4.69, 9.17) is 5.11 Å². The van der Waals surface area contributed by atoms with Gasteiger partial charge in [0.25, 0.3) is 5.91 Å². The van der Waals surface area contributed by atoms with E-state index in [0.717, 1.165) is 11.1 Å². The zero-order chi connectivity index (χ0) is 14.4. The SMILES string of the molecule is O=C(Nc1ccncc1F)c1ccc(C#CCCO)s1. The normalized spacial score (nSPS) is 9.70. The molecule has 20 heavy (non-hydrogen) atoms. The predicted molar refractivity (Wildman–Crippen MR) is 75.0 cm³/mol. The third kappa shape index (κ3) is 3.63. The molecule has 2 aromatic heterocycles. The number of halogens is 1. The molecule has 2 rings (SSSR count). The van der Waals surface area contributed by atoms with Crippen LogP contribution in [0.15, 0.2) is 30.6 Å². The van der Waals surface area contributed by atoms with Crippen molar-refractivity contribution in [3.63, 3.8) is 0 Å². The topological polar surface area (TPSA) is 62.2 Å². The first-order chi connectivity index (χ1) is 9.70. The Bertz CT molecular complexity index is 673. The Morgan fingerprint density at radius 1 is 1.45 bits per heavy atom. The van der Waals surface area contributed by atoms with Crippen LogP contribution in [0.1, 0.15) is 21.0 Å². The molecule has 0 saturated heterocycles. The van der Waals surface area contributed by atoms with Gasteiger partial charge in [-0.2, -0.15) is 0 Å². The van der Waals surface area contributed by atoms with E-state index in [1.807, 2.05) is 0 Å². The summed E-state index contributed by atoms with van der Waals surface area (Å²) in [4.78, 5) is 16.7. The highest BCUT2D eigenvalue weighted by atomic mass is 32.1. The summed E-state index contributed by atoms with van der Waals surface area (Å²) < 4.78 is 13.4. The van der Waals surface area contributed by atoms with E-state index in [1.54, 1.807) is 12.1 Å². The average Bonchev–Trinajstić information content (AvgIpc) is 2.91. The minimum absolute atomic E-state index is 0.00698. The third-order valence-corrected chi connectivity index (χ3v) is 3.30. The first-order valence-corrected chi connectivity index (χ1v) is 6.63. The first kappa shape index (κ1) is 14.2. The van der Waals surface area contributed by atoms with E-state index in [0.29, 0.717) is 11.3 Å². The number of thiophene rings is 1. The fraction of sp³-hybridized carbons (Fsp3) is 0.143. The van der Waals surface area contributed by atoms with E-state index in [-0.39, 0.29) is 12.3 Å². The number of aliphatic hydroxyl groups excluding tert-OH is 1. The molecule has 0 aromatic carbocycles. The summed E-state index contributed by atoms with van der Waals surface area (Å²) in [7, 11) is 0. The van der Waals surface area contributed by atoms with Gasteiger partial charge in [0.1, 0.15) is 0 Å². The van der Waals surface area contributed by atoms with Crippen LogP contribution >= 0.6 is 11.3 Å². The molecule has 0 fully saturated rings. The zero-order valence-corrected chi connectivity index (χ0v) is 11.2. The Labute approximate surface area is 119 Å². The van der Waals surface area contributed by atoms with Gasteiger partial charge in [0.2, 0.25) is 0 Å². The number of carbonyl (C=O) groups excluding carboxylic acids is 1. The molecule has 4 nitrogen and oxygen atoms in total. The van der Waals surface area contributed by atoms with Crippen LogP contribution in [0.2, 0.25) is 0 Å². The monoisotopic (exact) mass is 290 g/mol. The van der Waals surface area contributed by atoms with E-state index in [1.165, 1.54) is 23.6 Å². The molecule has 0 atom stereocenters. The van der Waals surface area contributed by atoms with E-state index in [9.17, 15) is 9.18 Å². The molecule has 0 spiro atoms. The van der Waals surface area contributed by atoms with Crippen molar-refractivity contribution in [1.29, 1.82) is 0 Å². The fourth-order valence-electron chi connectivity index (χ4n) is 1.39. The third-order valence-electron chi connectivity index (χ3n) is 2.30. The number of nitrogens with zero attached hydrogens (tertiary/aromatic N) is 1. The number of hydrogen-bond donors (Lipinski definition) is 2. The molecule has 0 aliphatic rings. The van der Waals surface area contributed by atoms with Gasteiger partial charge in [0.05, 0.1) is 28.2 Å². The van der Waals surface area contributed by atoms with Crippen molar-refractivity contribution in [3.8, 4) is 11.8 Å². The van der Waals surface area contributed by atoms with Crippen LogP contribution in [-0.4, -0.2) is 22.6 Å². The van der Waals surface area contributed by atoms with E-state index < -0.39 is 11.7 Å². The molecule has 0 unspecified atom stereocenters. The van der Waals surface area contributed by atoms with Gasteiger partial charge in [0, 0.05) is 12.6 Å². The standard InChI is InChI=1S/C14H11FN2O2S/c15-11-9-16-7-6-12(11)17-14(19)13-5-4-10(20-13)3-1-2-8-18/h4-7,9,18H,2,8H2,(H,16,17,19). The number of hydrogen-bond acceptors (Lipinski definition) is 4. The van der Waals surface area contributed by atoms with Crippen molar-refractivity contribution < 1.29 is 14.3 Å². The van der Waals surface area contributed by atoms with Gasteiger partial charge in [-0.3, -0.25) is 9.78 Å². The Kier molecular flexibility index (Phi) is 4.82. The maximum atomic E-state index is 13.4. The van der Waals surface area contributed by atoms with Crippen molar-refractivity contribution in [3.05, 3.63) is 46.2 Å². The molecule has 1 amide bonds. The number of anilines is 1. The van der Waals surface area contributed by atoms with Crippen LogP contribution in [0.25, 0.3) is 0 Å². The minimum Gasteiger partial charge on any atom is -0.395 e. The lowest BCUT2D eigenvalue weighted by atomic mass is 10.3. The largest absolute Gasteiger partial charge is 0.395 e. The molecule has 2 aromatic rings. The van der Waals surface area contributed by atoms with Crippen LogP contribution in [0.4, 0.5) is 10.1 Å². The molecular weight excluding hydrogens is 279 g/mol. The molecule has 0 aliphatic carbocycles. The summed E-state index contributed by atoms with van der Waals surface area (Å²) in [6.07, 6.45) is 2.83. The summed E-state index contributed by atoms with van der Waals surface area (Å²) in [5.74, 6) is 4.64. The Morgan fingerprint density at radius 2 is 2.30 bits per heavy atom. The Balaban J connectivity index is 2.07. The second kappa shape index (κ2) is 6.80. The summed E-state index contributed by atoms with van der Waals surface area (Å²) in [5, 5.41) is 11.1. The highest BCUT2D eigenvalue weighted by molar-refractivity contribution is 7.14. The second-order valence-corrected chi connectivity index (χ2v) is 4.83.